The molecule has 4 heteroatoms. The number of hydrogen-bond donors (Lipinski definition) is 0. The van der Waals surface area contributed by atoms with Crippen molar-refractivity contribution in [3.05, 3.63) is 0 Å². The lowest BCUT2D eigenvalue weighted by Gasteiger charge is -2.29. The predicted molar refractivity (Wildman–Crippen MR) is 105 cm³/mol. The van der Waals surface area contributed by atoms with Gasteiger partial charge in [-0.05, 0) is 25.9 Å². The highest BCUT2D eigenvalue weighted by Gasteiger charge is 2.33. The van der Waals surface area contributed by atoms with E-state index in [1.165, 1.54) is 64.2 Å². The van der Waals surface area contributed by atoms with Gasteiger partial charge in [-0.25, -0.2) is 0 Å². The summed E-state index contributed by atoms with van der Waals surface area (Å²) in [5, 5.41) is 0. The van der Waals surface area contributed by atoms with Crippen molar-refractivity contribution >= 4 is 31.5 Å². The molecule has 0 bridgehead atoms. The molecule has 0 aromatic rings. The van der Waals surface area contributed by atoms with Crippen LogP contribution in [0.4, 0.5) is 0 Å². The summed E-state index contributed by atoms with van der Waals surface area (Å²) in [7, 11) is -1.93. The minimum Gasteiger partial charge on any atom is -0.412 e. The Bertz CT molecular complexity index is 247. The van der Waals surface area contributed by atoms with Crippen molar-refractivity contribution in [2.45, 2.75) is 115 Å². The van der Waals surface area contributed by atoms with Crippen LogP contribution in [0.2, 0.25) is 13.1 Å². The van der Waals surface area contributed by atoms with Crippen molar-refractivity contribution in [1.29, 1.82) is 0 Å². The van der Waals surface area contributed by atoms with Crippen LogP contribution in [0, 0.1) is 0 Å². The van der Waals surface area contributed by atoms with E-state index in [0.717, 1.165) is 12.8 Å². The van der Waals surface area contributed by atoms with E-state index in [-0.39, 0.29) is 4.46 Å². The third-order valence-corrected chi connectivity index (χ3v) is 9.48. The number of halogens is 2. The van der Waals surface area contributed by atoms with Gasteiger partial charge in [-0.1, -0.05) is 78.1 Å². The lowest BCUT2D eigenvalue weighted by Crippen LogP contribution is -2.42. The molecule has 0 rings (SSSR count). The van der Waals surface area contributed by atoms with Gasteiger partial charge in [-0.3, -0.25) is 0 Å². The molecule has 0 aromatic carbocycles. The topological polar surface area (TPSA) is 9.23 Å². The van der Waals surface area contributed by atoms with Crippen LogP contribution in [0.3, 0.4) is 0 Å². The molecular weight excluding hydrogens is 331 g/mol. The summed E-state index contributed by atoms with van der Waals surface area (Å²) in [5.41, 5.74) is 0. The fraction of sp³-hybridized carbons (Fsp3) is 1.00. The fourth-order valence-electron chi connectivity index (χ4n) is 2.69. The summed E-state index contributed by atoms with van der Waals surface area (Å²) in [5.74, 6) is 0. The maximum absolute atomic E-state index is 6.21. The highest BCUT2D eigenvalue weighted by Crippen LogP contribution is 2.24. The highest BCUT2D eigenvalue weighted by molar-refractivity contribution is 6.88. The van der Waals surface area contributed by atoms with Crippen LogP contribution in [-0.2, 0) is 4.43 Å². The smallest absolute Gasteiger partial charge is 0.220 e. The number of rotatable bonds is 15. The zero-order valence-corrected chi connectivity index (χ0v) is 17.8. The van der Waals surface area contributed by atoms with Gasteiger partial charge in [-0.2, -0.15) is 0 Å². The van der Waals surface area contributed by atoms with Gasteiger partial charge in [-0.15, -0.1) is 23.2 Å². The minimum absolute atomic E-state index is 0.339. The second kappa shape index (κ2) is 14.1. The van der Waals surface area contributed by atoms with Crippen molar-refractivity contribution in [2.24, 2.45) is 0 Å². The second-order valence-electron chi connectivity index (χ2n) is 7.02. The molecule has 22 heavy (non-hydrogen) atoms. The largest absolute Gasteiger partial charge is 0.412 e. The monoisotopic (exact) mass is 368 g/mol. The number of unbranched alkanes of at least 4 members (excludes halogenated alkanes) is 9. The molecule has 0 saturated heterocycles. The molecule has 0 aliphatic rings. The Kier molecular flexibility index (Phi) is 14.6. The Morgan fingerprint density at radius 2 is 1.23 bits per heavy atom. The Balaban J connectivity index is 3.55. The average molecular weight is 369 g/mol. The molecule has 0 heterocycles. The van der Waals surface area contributed by atoms with Gasteiger partial charge < -0.3 is 4.43 Å². The first-order chi connectivity index (χ1) is 10.4. The normalized spacial score (nSPS) is 13.8. The summed E-state index contributed by atoms with van der Waals surface area (Å²) in [6, 6.07) is 0. The summed E-state index contributed by atoms with van der Waals surface area (Å²) < 4.78 is 5.87. The number of alkyl halides is 2. The molecule has 0 fully saturated rings. The van der Waals surface area contributed by atoms with Crippen LogP contribution in [0.15, 0.2) is 0 Å². The summed E-state index contributed by atoms with van der Waals surface area (Å²) in [4.78, 5) is 0. The SMILES string of the molecule is CCCCCCCCCCCCC(CC)O[Si](C)(C)C(Cl)Cl. The molecule has 0 aromatic heterocycles. The van der Waals surface area contributed by atoms with Crippen molar-refractivity contribution < 1.29 is 4.43 Å². The molecule has 0 amide bonds. The third-order valence-electron chi connectivity index (χ3n) is 4.33. The van der Waals surface area contributed by atoms with Crippen LogP contribution in [0.1, 0.15) is 90.9 Å². The minimum atomic E-state index is -1.93. The van der Waals surface area contributed by atoms with Crippen LogP contribution >= 0.6 is 23.2 Å². The molecule has 0 saturated carbocycles. The standard InChI is InChI=1S/C18H38Cl2OSi/c1-5-7-8-9-10-11-12-13-14-15-16-17(6-2)21-22(3,4)18(19)20/h17-18H,5-16H2,1-4H3. The molecule has 0 N–H and O–H groups in total. The van der Waals surface area contributed by atoms with Crippen LogP contribution in [0.25, 0.3) is 0 Å². The maximum atomic E-state index is 6.21. The molecule has 1 atom stereocenters. The van der Waals surface area contributed by atoms with Gasteiger partial charge >= 0.3 is 0 Å². The molecule has 0 radical (unpaired) electrons. The van der Waals surface area contributed by atoms with Gasteiger partial charge in [0.1, 0.15) is 4.46 Å². The first-order valence-electron chi connectivity index (χ1n) is 9.40. The highest BCUT2D eigenvalue weighted by atomic mass is 35.5. The quantitative estimate of drug-likeness (QED) is 0.164. The Morgan fingerprint density at radius 3 is 1.64 bits per heavy atom. The zero-order valence-electron chi connectivity index (χ0n) is 15.3. The van der Waals surface area contributed by atoms with E-state index in [0.29, 0.717) is 6.10 Å². The third kappa shape index (κ3) is 12.2. The molecular formula is C18H38Cl2OSi. The van der Waals surface area contributed by atoms with Crippen LogP contribution in [0.5, 0.6) is 0 Å². The summed E-state index contributed by atoms with van der Waals surface area (Å²) >= 11 is 12.1. The molecule has 0 spiro atoms. The summed E-state index contributed by atoms with van der Waals surface area (Å²) in [6.45, 7) is 8.69. The van der Waals surface area contributed by atoms with E-state index in [2.05, 4.69) is 26.9 Å². The van der Waals surface area contributed by atoms with Crippen molar-refractivity contribution in [3.8, 4) is 0 Å². The first kappa shape index (κ1) is 22.8. The van der Waals surface area contributed by atoms with E-state index in [1.807, 2.05) is 0 Å². The van der Waals surface area contributed by atoms with E-state index in [1.54, 1.807) is 0 Å². The Morgan fingerprint density at radius 1 is 0.773 bits per heavy atom. The van der Waals surface area contributed by atoms with Crippen molar-refractivity contribution in [1.82, 2.24) is 0 Å². The Hall–Kier alpha value is 0.757. The molecule has 134 valence electrons. The molecule has 1 nitrogen and oxygen atoms in total. The molecule has 0 aliphatic carbocycles. The van der Waals surface area contributed by atoms with Gasteiger partial charge in [0.25, 0.3) is 0 Å². The fourth-order valence-corrected chi connectivity index (χ4v) is 4.24. The Labute approximate surface area is 150 Å². The van der Waals surface area contributed by atoms with Gasteiger partial charge in [0.15, 0.2) is 0 Å². The lowest BCUT2D eigenvalue weighted by atomic mass is 10.0. The number of hydrogen-bond acceptors (Lipinski definition) is 1. The van der Waals surface area contributed by atoms with Gasteiger partial charge in [0, 0.05) is 6.10 Å². The molecule has 0 aliphatic heterocycles. The summed E-state index contributed by atoms with van der Waals surface area (Å²) in [6.07, 6.45) is 16.4. The van der Waals surface area contributed by atoms with E-state index >= 15 is 0 Å². The van der Waals surface area contributed by atoms with Crippen LogP contribution < -0.4 is 0 Å². The van der Waals surface area contributed by atoms with E-state index in [9.17, 15) is 0 Å². The van der Waals surface area contributed by atoms with Crippen molar-refractivity contribution in [2.75, 3.05) is 0 Å². The van der Waals surface area contributed by atoms with Crippen LogP contribution in [-0.4, -0.2) is 18.9 Å². The van der Waals surface area contributed by atoms with E-state index < -0.39 is 8.32 Å². The second-order valence-corrected chi connectivity index (χ2v) is 12.9. The average Bonchev–Trinajstić information content (AvgIpc) is 2.47. The van der Waals surface area contributed by atoms with Crippen molar-refractivity contribution in [3.63, 3.8) is 0 Å². The van der Waals surface area contributed by atoms with Gasteiger partial charge in [0.2, 0.25) is 8.32 Å². The van der Waals surface area contributed by atoms with E-state index in [4.69, 9.17) is 27.6 Å². The molecule has 1 unspecified atom stereocenters. The maximum Gasteiger partial charge on any atom is 0.220 e. The zero-order chi connectivity index (χ0) is 16.8. The lowest BCUT2D eigenvalue weighted by molar-refractivity contribution is 0.173. The predicted octanol–water partition coefficient (Wildman–Crippen LogP) is 7.64. The van der Waals surface area contributed by atoms with Gasteiger partial charge in [0.05, 0.1) is 0 Å². The first-order valence-corrected chi connectivity index (χ1v) is 13.3.